The Balaban J connectivity index is 1.37. The molecule has 0 amide bonds. The van der Waals surface area contributed by atoms with Crippen molar-refractivity contribution in [1.29, 1.82) is 0 Å². The molecule has 4 heteroatoms. The number of hydrogen-bond donors (Lipinski definition) is 0. The minimum absolute atomic E-state index is 0.193. The zero-order valence-corrected chi connectivity index (χ0v) is 17.5. The van der Waals surface area contributed by atoms with Gasteiger partial charge in [0.2, 0.25) is 0 Å². The van der Waals surface area contributed by atoms with Crippen LogP contribution >= 0.6 is 0 Å². The van der Waals surface area contributed by atoms with Crippen molar-refractivity contribution in [3.63, 3.8) is 0 Å². The molecule has 0 saturated heterocycles. The summed E-state index contributed by atoms with van der Waals surface area (Å²) >= 11 is 0. The first kappa shape index (κ1) is 21.3. The normalized spacial score (nSPS) is 18.6. The van der Waals surface area contributed by atoms with Gasteiger partial charge < -0.3 is 18.9 Å². The van der Waals surface area contributed by atoms with Crippen LogP contribution in [-0.2, 0) is 38.8 Å². The van der Waals surface area contributed by atoms with Crippen LogP contribution in [0.1, 0.15) is 16.7 Å². The van der Waals surface area contributed by atoms with Crippen LogP contribution in [0.4, 0.5) is 0 Å². The average molecular weight is 417 g/mol. The highest BCUT2D eigenvalue weighted by Gasteiger charge is 2.34. The molecule has 0 aromatic heterocycles. The standard InChI is InChI=1S/C27H28O4/c1-4-10-22(11-5-1)18-28-21-26(31-20-24-14-8-3-9-15-24)27-25(16-17-29-27)30-19-23-12-6-2-7-13-23/h1-17,25-27H,18-21H2/t25-,26?,27+/m1/s1. The van der Waals surface area contributed by atoms with E-state index in [2.05, 4.69) is 36.4 Å². The van der Waals surface area contributed by atoms with Crippen LogP contribution < -0.4 is 0 Å². The Kier molecular flexibility index (Phi) is 7.88. The largest absolute Gasteiger partial charge is 0.492 e. The van der Waals surface area contributed by atoms with E-state index >= 15 is 0 Å². The van der Waals surface area contributed by atoms with Crippen LogP contribution in [0.15, 0.2) is 103 Å². The van der Waals surface area contributed by atoms with Crippen LogP contribution in [0.3, 0.4) is 0 Å². The van der Waals surface area contributed by atoms with Gasteiger partial charge in [-0.1, -0.05) is 91.0 Å². The topological polar surface area (TPSA) is 36.9 Å². The van der Waals surface area contributed by atoms with E-state index in [9.17, 15) is 0 Å². The van der Waals surface area contributed by atoms with E-state index in [4.69, 9.17) is 18.9 Å². The van der Waals surface area contributed by atoms with Crippen LogP contribution in [-0.4, -0.2) is 24.9 Å². The minimum Gasteiger partial charge on any atom is -0.492 e. The lowest BCUT2D eigenvalue weighted by molar-refractivity contribution is -0.122. The molecule has 160 valence electrons. The SMILES string of the molecule is C1=C[C@@H](OCc2ccccc2)[C@@H](C(COCc2ccccc2)OCc2ccccc2)O1. The number of hydrogen-bond acceptors (Lipinski definition) is 4. The monoisotopic (exact) mass is 416 g/mol. The zero-order valence-electron chi connectivity index (χ0n) is 17.5. The second kappa shape index (κ2) is 11.5. The number of ether oxygens (including phenoxy) is 4. The van der Waals surface area contributed by atoms with E-state index < -0.39 is 0 Å². The summed E-state index contributed by atoms with van der Waals surface area (Å²) in [4.78, 5) is 0. The molecule has 3 aromatic carbocycles. The second-order valence-electron chi connectivity index (χ2n) is 7.53. The van der Waals surface area contributed by atoms with Gasteiger partial charge in [-0.3, -0.25) is 0 Å². The predicted octanol–water partition coefficient (Wildman–Crippen LogP) is 5.29. The van der Waals surface area contributed by atoms with Crippen molar-refractivity contribution >= 4 is 0 Å². The fraction of sp³-hybridized carbons (Fsp3) is 0.259. The van der Waals surface area contributed by atoms with E-state index in [1.807, 2.05) is 60.7 Å². The highest BCUT2D eigenvalue weighted by Crippen LogP contribution is 2.22. The van der Waals surface area contributed by atoms with E-state index in [0.717, 1.165) is 16.7 Å². The molecular formula is C27H28O4. The molecule has 0 radical (unpaired) electrons. The third kappa shape index (κ3) is 6.53. The van der Waals surface area contributed by atoms with Crippen molar-refractivity contribution in [2.75, 3.05) is 6.61 Å². The molecule has 1 aliphatic rings. The zero-order chi connectivity index (χ0) is 21.1. The first-order valence-corrected chi connectivity index (χ1v) is 10.6. The van der Waals surface area contributed by atoms with Gasteiger partial charge >= 0.3 is 0 Å². The first-order valence-electron chi connectivity index (χ1n) is 10.6. The molecule has 0 aliphatic carbocycles. The van der Waals surface area contributed by atoms with Gasteiger partial charge in [-0.25, -0.2) is 0 Å². The van der Waals surface area contributed by atoms with Crippen molar-refractivity contribution in [2.24, 2.45) is 0 Å². The van der Waals surface area contributed by atoms with Gasteiger partial charge in [0, 0.05) is 0 Å². The fourth-order valence-corrected chi connectivity index (χ4v) is 3.50. The van der Waals surface area contributed by atoms with Gasteiger partial charge in [0.1, 0.15) is 12.2 Å². The maximum absolute atomic E-state index is 6.26. The van der Waals surface area contributed by atoms with Gasteiger partial charge in [0.05, 0.1) is 32.7 Å². The average Bonchev–Trinajstić information content (AvgIpc) is 3.30. The van der Waals surface area contributed by atoms with Crippen LogP contribution in [0.25, 0.3) is 0 Å². The Bertz CT molecular complexity index is 912. The molecule has 0 fully saturated rings. The lowest BCUT2D eigenvalue weighted by Crippen LogP contribution is -2.41. The Morgan fingerprint density at radius 3 is 1.84 bits per heavy atom. The summed E-state index contributed by atoms with van der Waals surface area (Å²) in [7, 11) is 0. The summed E-state index contributed by atoms with van der Waals surface area (Å²) in [5.74, 6) is 0. The molecule has 0 bridgehead atoms. The summed E-state index contributed by atoms with van der Waals surface area (Å²) < 4.78 is 24.3. The highest BCUT2D eigenvalue weighted by molar-refractivity contribution is 5.15. The molecule has 4 nitrogen and oxygen atoms in total. The highest BCUT2D eigenvalue weighted by atomic mass is 16.6. The third-order valence-electron chi connectivity index (χ3n) is 5.18. The van der Waals surface area contributed by atoms with Crippen molar-refractivity contribution in [3.8, 4) is 0 Å². The maximum Gasteiger partial charge on any atom is 0.156 e. The number of benzene rings is 3. The Morgan fingerprint density at radius 1 is 0.677 bits per heavy atom. The van der Waals surface area contributed by atoms with E-state index in [-0.39, 0.29) is 18.3 Å². The van der Waals surface area contributed by atoms with Crippen LogP contribution in [0.5, 0.6) is 0 Å². The van der Waals surface area contributed by atoms with E-state index in [1.165, 1.54) is 0 Å². The lowest BCUT2D eigenvalue weighted by atomic mass is 10.1. The molecule has 0 spiro atoms. The van der Waals surface area contributed by atoms with Gasteiger partial charge in [-0.15, -0.1) is 0 Å². The Morgan fingerprint density at radius 2 is 1.23 bits per heavy atom. The minimum atomic E-state index is -0.264. The van der Waals surface area contributed by atoms with Crippen molar-refractivity contribution in [2.45, 2.75) is 38.1 Å². The quantitative estimate of drug-likeness (QED) is 0.426. The molecule has 4 rings (SSSR count). The summed E-state index contributed by atoms with van der Waals surface area (Å²) in [5, 5.41) is 0. The Hall–Kier alpha value is -2.92. The van der Waals surface area contributed by atoms with Crippen LogP contribution in [0, 0.1) is 0 Å². The smallest absolute Gasteiger partial charge is 0.156 e. The summed E-state index contributed by atoms with van der Waals surface area (Å²) in [5.41, 5.74) is 3.37. The Labute approximate surface area is 184 Å². The molecule has 3 aromatic rings. The molecular weight excluding hydrogens is 388 g/mol. The molecule has 1 unspecified atom stereocenters. The van der Waals surface area contributed by atoms with Gasteiger partial charge in [0.25, 0.3) is 0 Å². The summed E-state index contributed by atoms with van der Waals surface area (Å²) in [6, 6.07) is 30.4. The van der Waals surface area contributed by atoms with E-state index in [1.54, 1.807) is 6.26 Å². The van der Waals surface area contributed by atoms with Crippen molar-refractivity contribution < 1.29 is 18.9 Å². The molecule has 1 heterocycles. The van der Waals surface area contributed by atoms with Gasteiger partial charge in [-0.2, -0.15) is 0 Å². The summed E-state index contributed by atoms with van der Waals surface area (Å²) in [6.07, 6.45) is 2.93. The predicted molar refractivity (Wildman–Crippen MR) is 120 cm³/mol. The molecule has 0 saturated carbocycles. The van der Waals surface area contributed by atoms with E-state index in [0.29, 0.717) is 26.4 Å². The number of rotatable bonds is 11. The second-order valence-corrected chi connectivity index (χ2v) is 7.53. The lowest BCUT2D eigenvalue weighted by Gasteiger charge is -2.28. The first-order chi connectivity index (χ1) is 15.4. The van der Waals surface area contributed by atoms with Crippen molar-refractivity contribution in [1.82, 2.24) is 0 Å². The maximum atomic E-state index is 6.26. The molecule has 3 atom stereocenters. The summed E-state index contributed by atoms with van der Waals surface area (Å²) in [6.45, 7) is 1.96. The van der Waals surface area contributed by atoms with Crippen LogP contribution in [0.2, 0.25) is 0 Å². The van der Waals surface area contributed by atoms with Gasteiger partial charge in [-0.05, 0) is 22.8 Å². The molecule has 31 heavy (non-hydrogen) atoms. The third-order valence-corrected chi connectivity index (χ3v) is 5.18. The van der Waals surface area contributed by atoms with Gasteiger partial charge in [0.15, 0.2) is 6.10 Å². The fourth-order valence-electron chi connectivity index (χ4n) is 3.50. The molecule has 1 aliphatic heterocycles. The van der Waals surface area contributed by atoms with Crippen molar-refractivity contribution in [3.05, 3.63) is 120 Å². The molecule has 0 N–H and O–H groups in total.